The second-order valence-electron chi connectivity index (χ2n) is 5.13. The number of aromatic nitrogens is 2. The number of amides is 1. The minimum absolute atomic E-state index is 0.103. The van der Waals surface area contributed by atoms with E-state index in [1.165, 1.54) is 16.8 Å². The largest absolute Gasteiger partial charge is 0.444 e. The second-order valence-corrected chi connectivity index (χ2v) is 5.13. The van der Waals surface area contributed by atoms with Crippen LogP contribution in [0.25, 0.3) is 0 Å². The topological polar surface area (TPSA) is 82.3 Å². The van der Waals surface area contributed by atoms with E-state index in [2.05, 4.69) is 5.32 Å². The van der Waals surface area contributed by atoms with Gasteiger partial charge in [0.15, 0.2) is 0 Å². The van der Waals surface area contributed by atoms with E-state index in [0.717, 1.165) is 4.57 Å². The molecule has 0 unspecified atom stereocenters. The molecule has 1 amide bonds. The van der Waals surface area contributed by atoms with Gasteiger partial charge in [0.05, 0.1) is 0 Å². The molecule has 0 aromatic carbocycles. The average molecular weight is 269 g/mol. The maximum absolute atomic E-state index is 11.7. The van der Waals surface area contributed by atoms with Gasteiger partial charge in [-0.3, -0.25) is 9.36 Å². The first kappa shape index (κ1) is 15.0. The molecule has 0 atom stereocenters. The summed E-state index contributed by atoms with van der Waals surface area (Å²) in [4.78, 5) is 34.6. The number of hydrogen-bond acceptors (Lipinski definition) is 4. The van der Waals surface area contributed by atoms with E-state index in [1.807, 2.05) is 0 Å². The predicted molar refractivity (Wildman–Crippen MR) is 70.2 cm³/mol. The van der Waals surface area contributed by atoms with Crippen LogP contribution in [-0.4, -0.2) is 27.4 Å². The Balaban J connectivity index is 2.60. The maximum atomic E-state index is 11.7. The Morgan fingerprint density at radius 1 is 1.37 bits per heavy atom. The van der Waals surface area contributed by atoms with Gasteiger partial charge in [-0.2, -0.15) is 0 Å². The Kier molecular flexibility index (Phi) is 4.52. The molecule has 7 nitrogen and oxygen atoms in total. The van der Waals surface area contributed by atoms with Crippen LogP contribution in [0.1, 0.15) is 20.8 Å². The molecule has 1 heterocycles. The fourth-order valence-electron chi connectivity index (χ4n) is 1.40. The van der Waals surface area contributed by atoms with Crippen molar-refractivity contribution < 1.29 is 9.53 Å². The van der Waals surface area contributed by atoms with Gasteiger partial charge in [0, 0.05) is 32.4 Å². The van der Waals surface area contributed by atoms with Crippen LogP contribution in [0.4, 0.5) is 4.79 Å². The van der Waals surface area contributed by atoms with E-state index in [1.54, 1.807) is 27.8 Å². The Labute approximate surface area is 110 Å². The Morgan fingerprint density at radius 2 is 2.00 bits per heavy atom. The summed E-state index contributed by atoms with van der Waals surface area (Å²) in [5.74, 6) is 0. The van der Waals surface area contributed by atoms with Crippen molar-refractivity contribution in [1.29, 1.82) is 0 Å². The fraction of sp³-hybridized carbons (Fsp3) is 0.583. The summed E-state index contributed by atoms with van der Waals surface area (Å²) in [7, 11) is 1.56. The van der Waals surface area contributed by atoms with E-state index in [9.17, 15) is 14.4 Å². The number of carbonyl (C=O) groups is 1. The molecular formula is C12H19N3O4. The summed E-state index contributed by atoms with van der Waals surface area (Å²) in [5.41, 5.74) is -1.39. The molecule has 0 saturated carbocycles. The first-order chi connectivity index (χ1) is 8.70. The van der Waals surface area contributed by atoms with Crippen molar-refractivity contribution in [1.82, 2.24) is 14.5 Å². The van der Waals surface area contributed by atoms with Gasteiger partial charge >= 0.3 is 11.8 Å². The zero-order valence-corrected chi connectivity index (χ0v) is 11.6. The van der Waals surface area contributed by atoms with Gasteiger partial charge in [-0.1, -0.05) is 0 Å². The van der Waals surface area contributed by atoms with E-state index < -0.39 is 22.9 Å². The third kappa shape index (κ3) is 4.61. The SMILES string of the molecule is Cn1ccc(=O)n(CCNC(=O)OC(C)(C)C)c1=O. The quantitative estimate of drug-likeness (QED) is 0.842. The third-order valence-electron chi connectivity index (χ3n) is 2.24. The van der Waals surface area contributed by atoms with E-state index in [0.29, 0.717) is 0 Å². The summed E-state index contributed by atoms with van der Waals surface area (Å²) in [5, 5.41) is 2.49. The smallest absolute Gasteiger partial charge is 0.407 e. The van der Waals surface area contributed by atoms with Crippen molar-refractivity contribution in [2.24, 2.45) is 7.05 Å². The van der Waals surface area contributed by atoms with Gasteiger partial charge in [-0.05, 0) is 20.8 Å². The van der Waals surface area contributed by atoms with Crippen molar-refractivity contribution in [3.05, 3.63) is 33.1 Å². The molecule has 0 aliphatic rings. The molecule has 0 bridgehead atoms. The van der Waals surface area contributed by atoms with Crippen molar-refractivity contribution in [2.45, 2.75) is 32.9 Å². The third-order valence-corrected chi connectivity index (χ3v) is 2.24. The molecule has 0 aliphatic carbocycles. The minimum Gasteiger partial charge on any atom is -0.444 e. The van der Waals surface area contributed by atoms with Crippen molar-refractivity contribution in [3.8, 4) is 0 Å². The zero-order valence-electron chi connectivity index (χ0n) is 11.6. The number of rotatable bonds is 3. The van der Waals surface area contributed by atoms with Gasteiger partial charge in [-0.25, -0.2) is 9.59 Å². The first-order valence-corrected chi connectivity index (χ1v) is 5.94. The van der Waals surface area contributed by atoms with Gasteiger partial charge < -0.3 is 14.6 Å². The molecule has 0 saturated heterocycles. The Morgan fingerprint density at radius 3 is 2.58 bits per heavy atom. The lowest BCUT2D eigenvalue weighted by molar-refractivity contribution is 0.0525. The van der Waals surface area contributed by atoms with Crippen molar-refractivity contribution >= 4 is 6.09 Å². The molecule has 1 N–H and O–H groups in total. The Bertz CT molecular complexity index is 566. The molecule has 1 aromatic rings. The molecular weight excluding hydrogens is 250 g/mol. The molecule has 0 aliphatic heterocycles. The molecule has 106 valence electrons. The summed E-state index contributed by atoms with van der Waals surface area (Å²) < 4.78 is 7.39. The monoisotopic (exact) mass is 269 g/mol. The Hall–Kier alpha value is -2.05. The molecule has 1 aromatic heterocycles. The highest BCUT2D eigenvalue weighted by Crippen LogP contribution is 2.05. The van der Waals surface area contributed by atoms with Gasteiger partial charge in [-0.15, -0.1) is 0 Å². The summed E-state index contributed by atoms with van der Waals surface area (Å²) >= 11 is 0. The van der Waals surface area contributed by atoms with Crippen LogP contribution in [0, 0.1) is 0 Å². The number of nitrogens with one attached hydrogen (secondary N) is 1. The van der Waals surface area contributed by atoms with Crippen LogP contribution in [0.2, 0.25) is 0 Å². The summed E-state index contributed by atoms with van der Waals surface area (Å²) in [6, 6.07) is 1.30. The van der Waals surface area contributed by atoms with Crippen LogP contribution in [0.5, 0.6) is 0 Å². The van der Waals surface area contributed by atoms with E-state index in [-0.39, 0.29) is 13.1 Å². The van der Waals surface area contributed by atoms with Crippen LogP contribution in [-0.2, 0) is 18.3 Å². The van der Waals surface area contributed by atoms with E-state index in [4.69, 9.17) is 4.74 Å². The van der Waals surface area contributed by atoms with E-state index >= 15 is 0 Å². The molecule has 0 spiro atoms. The zero-order chi connectivity index (χ0) is 14.6. The average Bonchev–Trinajstić information content (AvgIpc) is 2.26. The van der Waals surface area contributed by atoms with Crippen LogP contribution < -0.4 is 16.6 Å². The van der Waals surface area contributed by atoms with Crippen LogP contribution in [0.15, 0.2) is 21.9 Å². The molecule has 19 heavy (non-hydrogen) atoms. The van der Waals surface area contributed by atoms with Crippen molar-refractivity contribution in [2.75, 3.05) is 6.54 Å². The maximum Gasteiger partial charge on any atom is 0.407 e. The number of alkyl carbamates (subject to hydrolysis) is 1. The lowest BCUT2D eigenvalue weighted by atomic mass is 10.2. The van der Waals surface area contributed by atoms with Gasteiger partial charge in [0.2, 0.25) is 0 Å². The highest BCUT2D eigenvalue weighted by Gasteiger charge is 2.15. The molecule has 1 rings (SSSR count). The number of carbonyl (C=O) groups excluding carboxylic acids is 1. The molecule has 0 radical (unpaired) electrons. The first-order valence-electron chi connectivity index (χ1n) is 5.94. The van der Waals surface area contributed by atoms with Crippen LogP contribution in [0.3, 0.4) is 0 Å². The number of hydrogen-bond donors (Lipinski definition) is 1. The molecule has 7 heteroatoms. The minimum atomic E-state index is -0.580. The normalized spacial score (nSPS) is 11.2. The number of ether oxygens (including phenoxy) is 1. The standard InChI is InChI=1S/C12H19N3O4/c1-12(2,3)19-10(17)13-6-8-15-9(16)5-7-14(4)11(15)18/h5,7H,6,8H2,1-4H3,(H,13,17). The number of aryl methyl sites for hydroxylation is 1. The van der Waals surface area contributed by atoms with Gasteiger partial charge in [0.1, 0.15) is 5.60 Å². The lowest BCUT2D eigenvalue weighted by Crippen LogP contribution is -2.41. The van der Waals surface area contributed by atoms with Crippen molar-refractivity contribution in [3.63, 3.8) is 0 Å². The summed E-state index contributed by atoms with van der Waals surface area (Å²) in [6.07, 6.45) is 0.830. The number of nitrogens with zero attached hydrogens (tertiary/aromatic N) is 2. The molecule has 0 fully saturated rings. The predicted octanol–water partition coefficient (Wildman–Crippen LogP) is 0.0717. The lowest BCUT2D eigenvalue weighted by Gasteiger charge is -2.19. The highest BCUT2D eigenvalue weighted by atomic mass is 16.6. The highest BCUT2D eigenvalue weighted by molar-refractivity contribution is 5.67. The van der Waals surface area contributed by atoms with Crippen LogP contribution >= 0.6 is 0 Å². The van der Waals surface area contributed by atoms with Gasteiger partial charge in [0.25, 0.3) is 5.56 Å². The summed E-state index contributed by atoms with van der Waals surface area (Å²) in [6.45, 7) is 5.51. The second kappa shape index (κ2) is 5.73. The fourth-order valence-corrected chi connectivity index (χ4v) is 1.40.